The zero-order valence-corrected chi connectivity index (χ0v) is 13.3. The average molecular weight is 344 g/mol. The first kappa shape index (κ1) is 18.3. The van der Waals surface area contributed by atoms with E-state index < -0.39 is 24.7 Å². The summed E-state index contributed by atoms with van der Waals surface area (Å²) in [5, 5.41) is 0. The number of hydrogen-bond acceptors (Lipinski definition) is 3. The Hall–Kier alpha value is -2.09. The number of rotatable bonds is 6. The molecule has 1 aromatic carbocycles. The van der Waals surface area contributed by atoms with Crippen LogP contribution in [-0.2, 0) is 14.3 Å². The Morgan fingerprint density at radius 2 is 2.00 bits per heavy atom. The average Bonchev–Trinajstić information content (AvgIpc) is 2.92. The molecule has 0 radical (unpaired) electrons. The first-order chi connectivity index (χ1) is 11.3. The van der Waals surface area contributed by atoms with Crippen LogP contribution in [-0.4, -0.2) is 55.7 Å². The van der Waals surface area contributed by atoms with Crippen LogP contribution in [0.1, 0.15) is 12.8 Å². The lowest BCUT2D eigenvalue weighted by Gasteiger charge is -2.24. The van der Waals surface area contributed by atoms with E-state index in [1.54, 1.807) is 4.90 Å². The number of anilines is 1. The highest BCUT2D eigenvalue weighted by molar-refractivity contribution is 6.01. The van der Waals surface area contributed by atoms with Crippen LogP contribution in [0.4, 0.5) is 18.9 Å². The van der Waals surface area contributed by atoms with E-state index in [9.17, 15) is 22.8 Å². The van der Waals surface area contributed by atoms with E-state index in [4.69, 9.17) is 0 Å². The van der Waals surface area contributed by atoms with Crippen molar-refractivity contribution in [3.63, 3.8) is 0 Å². The third-order valence-electron chi connectivity index (χ3n) is 3.83. The zero-order chi connectivity index (χ0) is 17.7. The van der Waals surface area contributed by atoms with E-state index in [1.165, 1.54) is 11.9 Å². The summed E-state index contributed by atoms with van der Waals surface area (Å²) in [6.45, 7) is -1.21. The second-order valence-corrected chi connectivity index (χ2v) is 5.55. The molecular weight excluding hydrogens is 325 g/mol. The molecule has 5 nitrogen and oxygen atoms in total. The van der Waals surface area contributed by atoms with Crippen molar-refractivity contribution in [2.24, 2.45) is 0 Å². The van der Waals surface area contributed by atoms with Gasteiger partial charge in [0, 0.05) is 19.3 Å². The molecule has 0 aromatic heterocycles. The molecule has 1 aromatic rings. The van der Waals surface area contributed by atoms with Crippen molar-refractivity contribution < 1.29 is 27.5 Å². The molecule has 0 bridgehead atoms. The van der Waals surface area contributed by atoms with Crippen molar-refractivity contribution in [2.75, 3.05) is 31.7 Å². The van der Waals surface area contributed by atoms with Gasteiger partial charge in [0.15, 0.2) is 0 Å². The first-order valence-corrected chi connectivity index (χ1v) is 7.56. The van der Waals surface area contributed by atoms with E-state index in [2.05, 4.69) is 4.74 Å². The summed E-state index contributed by atoms with van der Waals surface area (Å²) < 4.78 is 40.3. The normalized spacial score (nSPS) is 18.1. The SMILES string of the molecule is CN(C(=O)CCOCC(F)(F)F)C1CCN(c2ccccc2)C1=O. The number of nitrogens with zero attached hydrogens (tertiary/aromatic N) is 2. The summed E-state index contributed by atoms with van der Waals surface area (Å²) in [4.78, 5) is 27.4. The molecule has 2 amide bonds. The van der Waals surface area contributed by atoms with Gasteiger partial charge >= 0.3 is 6.18 Å². The predicted molar refractivity (Wildman–Crippen MR) is 81.5 cm³/mol. The van der Waals surface area contributed by atoms with Gasteiger partial charge in [0.2, 0.25) is 11.8 Å². The lowest BCUT2D eigenvalue weighted by molar-refractivity contribution is -0.175. The Kier molecular flexibility index (Phi) is 5.82. The van der Waals surface area contributed by atoms with Crippen molar-refractivity contribution in [2.45, 2.75) is 25.1 Å². The van der Waals surface area contributed by atoms with Crippen LogP contribution < -0.4 is 4.90 Å². The number of hydrogen-bond donors (Lipinski definition) is 0. The molecular formula is C16H19F3N2O3. The van der Waals surface area contributed by atoms with Gasteiger partial charge < -0.3 is 14.5 Å². The van der Waals surface area contributed by atoms with E-state index >= 15 is 0 Å². The number of likely N-dealkylation sites (N-methyl/N-ethyl adjacent to an activating group) is 1. The summed E-state index contributed by atoms with van der Waals surface area (Å²) in [7, 11) is 1.49. The molecule has 0 aliphatic carbocycles. The van der Waals surface area contributed by atoms with Gasteiger partial charge in [0.05, 0.1) is 13.0 Å². The summed E-state index contributed by atoms with van der Waals surface area (Å²) in [6, 6.07) is 8.52. The predicted octanol–water partition coefficient (Wildman–Crippen LogP) is 2.22. The zero-order valence-electron chi connectivity index (χ0n) is 13.3. The van der Waals surface area contributed by atoms with Crippen molar-refractivity contribution >= 4 is 17.5 Å². The Morgan fingerprint density at radius 1 is 1.33 bits per heavy atom. The van der Waals surface area contributed by atoms with E-state index in [1.807, 2.05) is 30.3 Å². The van der Waals surface area contributed by atoms with Crippen molar-refractivity contribution in [3.05, 3.63) is 30.3 Å². The quantitative estimate of drug-likeness (QED) is 0.744. The van der Waals surface area contributed by atoms with Crippen LogP contribution in [0.3, 0.4) is 0 Å². The topological polar surface area (TPSA) is 49.9 Å². The standard InChI is InChI=1S/C16H19F3N2O3/c1-20(14(22)8-10-24-11-16(17,18)19)13-7-9-21(15(13)23)12-5-3-2-4-6-12/h2-6,13H,7-11H2,1H3. The molecule has 24 heavy (non-hydrogen) atoms. The highest BCUT2D eigenvalue weighted by Crippen LogP contribution is 2.24. The number of amides is 2. The maximum absolute atomic E-state index is 12.5. The van der Waals surface area contributed by atoms with Gasteiger partial charge in [-0.25, -0.2) is 0 Å². The van der Waals surface area contributed by atoms with Crippen molar-refractivity contribution in [3.8, 4) is 0 Å². The molecule has 0 N–H and O–H groups in total. The molecule has 2 rings (SSSR count). The lowest BCUT2D eigenvalue weighted by Crippen LogP contribution is -2.43. The Morgan fingerprint density at radius 3 is 2.62 bits per heavy atom. The monoisotopic (exact) mass is 344 g/mol. The van der Waals surface area contributed by atoms with Gasteiger partial charge in [-0.3, -0.25) is 9.59 Å². The Bertz CT molecular complexity index is 578. The summed E-state index contributed by atoms with van der Waals surface area (Å²) in [6.07, 6.45) is -4.12. The molecule has 0 spiro atoms. The van der Waals surface area contributed by atoms with Crippen LogP contribution >= 0.6 is 0 Å². The Labute approximate surface area is 138 Å². The van der Waals surface area contributed by atoms with Crippen LogP contribution in [0.5, 0.6) is 0 Å². The third kappa shape index (κ3) is 4.70. The largest absolute Gasteiger partial charge is 0.411 e. The minimum Gasteiger partial charge on any atom is -0.372 e. The summed E-state index contributed by atoms with van der Waals surface area (Å²) >= 11 is 0. The molecule has 0 saturated carbocycles. The molecule has 1 atom stereocenters. The number of para-hydroxylation sites is 1. The van der Waals surface area contributed by atoms with E-state index in [-0.39, 0.29) is 18.9 Å². The van der Waals surface area contributed by atoms with E-state index in [0.717, 1.165) is 5.69 Å². The highest BCUT2D eigenvalue weighted by atomic mass is 19.4. The van der Waals surface area contributed by atoms with Gasteiger partial charge in [-0.1, -0.05) is 18.2 Å². The van der Waals surface area contributed by atoms with Crippen LogP contribution in [0.25, 0.3) is 0 Å². The molecule has 1 fully saturated rings. The molecule has 1 heterocycles. The second-order valence-electron chi connectivity index (χ2n) is 5.55. The number of ether oxygens (including phenoxy) is 1. The second kappa shape index (κ2) is 7.65. The van der Waals surface area contributed by atoms with E-state index in [0.29, 0.717) is 13.0 Å². The third-order valence-corrected chi connectivity index (χ3v) is 3.83. The Balaban J connectivity index is 1.85. The minimum atomic E-state index is -4.41. The van der Waals surface area contributed by atoms with Crippen LogP contribution in [0.2, 0.25) is 0 Å². The molecule has 1 aliphatic heterocycles. The number of carbonyl (C=O) groups is 2. The molecule has 1 saturated heterocycles. The van der Waals surface area contributed by atoms with Crippen molar-refractivity contribution in [1.82, 2.24) is 4.90 Å². The number of halogens is 3. The molecule has 1 unspecified atom stereocenters. The van der Waals surface area contributed by atoms with Gasteiger partial charge in [-0.15, -0.1) is 0 Å². The molecule has 8 heteroatoms. The van der Waals surface area contributed by atoms with Crippen molar-refractivity contribution in [1.29, 1.82) is 0 Å². The maximum atomic E-state index is 12.5. The maximum Gasteiger partial charge on any atom is 0.411 e. The van der Waals surface area contributed by atoms with Crippen LogP contribution in [0, 0.1) is 0 Å². The fourth-order valence-electron chi connectivity index (χ4n) is 2.59. The summed E-state index contributed by atoms with van der Waals surface area (Å²) in [5.74, 6) is -0.598. The fraction of sp³-hybridized carbons (Fsp3) is 0.500. The molecule has 1 aliphatic rings. The number of alkyl halides is 3. The summed E-state index contributed by atoms with van der Waals surface area (Å²) in [5.41, 5.74) is 0.763. The van der Waals surface area contributed by atoms with Gasteiger partial charge in [0.25, 0.3) is 0 Å². The highest BCUT2D eigenvalue weighted by Gasteiger charge is 2.37. The minimum absolute atomic E-state index is 0.187. The fourth-order valence-corrected chi connectivity index (χ4v) is 2.59. The molecule has 132 valence electrons. The number of carbonyl (C=O) groups excluding carboxylic acids is 2. The lowest BCUT2D eigenvalue weighted by atomic mass is 10.2. The van der Waals surface area contributed by atoms with Gasteiger partial charge in [0.1, 0.15) is 12.6 Å². The smallest absolute Gasteiger partial charge is 0.372 e. The van der Waals surface area contributed by atoms with Crippen LogP contribution in [0.15, 0.2) is 30.3 Å². The van der Waals surface area contributed by atoms with Gasteiger partial charge in [-0.2, -0.15) is 13.2 Å². The number of benzene rings is 1. The van der Waals surface area contributed by atoms with Gasteiger partial charge in [-0.05, 0) is 18.6 Å². The first-order valence-electron chi connectivity index (χ1n) is 7.56.